The van der Waals surface area contributed by atoms with Crippen LogP contribution in [-0.2, 0) is 11.3 Å². The number of nitrogen functional groups attached to an aromatic ring is 1. The minimum absolute atomic E-state index is 0.219. The van der Waals surface area contributed by atoms with Crippen LogP contribution in [0.5, 0.6) is 0 Å². The Hall–Kier alpha value is -1.43. The Labute approximate surface area is 130 Å². The summed E-state index contributed by atoms with van der Waals surface area (Å²) in [6.45, 7) is 0.406. The van der Waals surface area contributed by atoms with E-state index in [9.17, 15) is 4.79 Å². The van der Waals surface area contributed by atoms with Crippen LogP contribution in [0.25, 0.3) is 0 Å². The number of benzene rings is 1. The van der Waals surface area contributed by atoms with Gasteiger partial charge in [-0.15, -0.1) is 0 Å². The van der Waals surface area contributed by atoms with Crippen molar-refractivity contribution in [3.05, 3.63) is 39.6 Å². The fourth-order valence-electron chi connectivity index (χ4n) is 1.60. The molecule has 1 heterocycles. The van der Waals surface area contributed by atoms with E-state index in [0.717, 1.165) is 0 Å². The average Bonchev–Trinajstić information content (AvgIpc) is 2.77. The molecule has 0 radical (unpaired) electrons. The van der Waals surface area contributed by atoms with E-state index in [1.807, 2.05) is 0 Å². The summed E-state index contributed by atoms with van der Waals surface area (Å²) in [6, 6.07) is 3.04. The molecule has 1 aromatic carbocycles. The van der Waals surface area contributed by atoms with E-state index < -0.39 is 0 Å². The van der Waals surface area contributed by atoms with Crippen LogP contribution >= 0.6 is 34.8 Å². The van der Waals surface area contributed by atoms with Crippen molar-refractivity contribution < 1.29 is 4.79 Å². The Morgan fingerprint density at radius 3 is 2.65 bits per heavy atom. The number of halogens is 3. The zero-order chi connectivity index (χ0) is 14.7. The van der Waals surface area contributed by atoms with E-state index >= 15 is 0 Å². The van der Waals surface area contributed by atoms with Gasteiger partial charge in [0.15, 0.2) is 0 Å². The fraction of sp³-hybridized carbons (Fsp3) is 0.167. The molecule has 2 rings (SSSR count). The number of aromatic nitrogens is 2. The summed E-state index contributed by atoms with van der Waals surface area (Å²) in [6.07, 6.45) is 3.36. The average molecular weight is 334 g/mol. The SMILES string of the molecule is Nc1cc(Cl)cc(Cl)c1NC(=O)CCn1cc(Cl)cn1. The van der Waals surface area contributed by atoms with Gasteiger partial charge in [-0.1, -0.05) is 34.8 Å². The zero-order valence-electron chi connectivity index (χ0n) is 10.2. The van der Waals surface area contributed by atoms with E-state index in [2.05, 4.69) is 10.4 Å². The number of nitrogens with two attached hydrogens (primary N) is 1. The maximum atomic E-state index is 11.8. The third kappa shape index (κ3) is 3.79. The van der Waals surface area contributed by atoms with Crippen molar-refractivity contribution in [3.63, 3.8) is 0 Å². The second-order valence-corrected chi connectivity index (χ2v) is 5.35. The van der Waals surface area contributed by atoms with Gasteiger partial charge in [0.1, 0.15) is 0 Å². The highest BCUT2D eigenvalue weighted by molar-refractivity contribution is 6.37. The summed E-state index contributed by atoms with van der Waals surface area (Å²) >= 11 is 17.5. The molecule has 0 bridgehead atoms. The summed E-state index contributed by atoms with van der Waals surface area (Å²) in [4.78, 5) is 11.8. The van der Waals surface area contributed by atoms with Gasteiger partial charge in [0.25, 0.3) is 0 Å². The number of nitrogens with one attached hydrogen (secondary N) is 1. The van der Waals surface area contributed by atoms with Gasteiger partial charge >= 0.3 is 0 Å². The molecule has 5 nitrogen and oxygen atoms in total. The molecule has 0 aliphatic carbocycles. The lowest BCUT2D eigenvalue weighted by Gasteiger charge is -2.10. The monoisotopic (exact) mass is 332 g/mol. The predicted molar refractivity (Wildman–Crippen MR) is 81.4 cm³/mol. The molecular formula is C12H11Cl3N4O. The molecule has 1 amide bonds. The molecule has 0 atom stereocenters. The van der Waals surface area contributed by atoms with Gasteiger partial charge in [0.2, 0.25) is 5.91 Å². The topological polar surface area (TPSA) is 72.9 Å². The normalized spacial score (nSPS) is 10.6. The molecule has 1 aromatic heterocycles. The van der Waals surface area contributed by atoms with Gasteiger partial charge in [-0.2, -0.15) is 5.10 Å². The Balaban J connectivity index is 1.98. The first kappa shape index (κ1) is 15.0. The standard InChI is InChI=1S/C12H11Cl3N4O/c13-7-3-9(15)12(10(16)4-7)18-11(20)1-2-19-6-8(14)5-17-19/h3-6H,1-2,16H2,(H,18,20). The highest BCUT2D eigenvalue weighted by atomic mass is 35.5. The first-order valence-electron chi connectivity index (χ1n) is 5.68. The molecule has 8 heteroatoms. The van der Waals surface area contributed by atoms with E-state index in [0.29, 0.717) is 33.0 Å². The van der Waals surface area contributed by atoms with Crippen LogP contribution in [0, 0.1) is 0 Å². The predicted octanol–water partition coefficient (Wildman–Crippen LogP) is 3.45. The van der Waals surface area contributed by atoms with Crippen LogP contribution in [0.4, 0.5) is 11.4 Å². The third-order valence-electron chi connectivity index (χ3n) is 2.52. The van der Waals surface area contributed by atoms with Crippen molar-refractivity contribution >= 4 is 52.1 Å². The molecule has 0 aliphatic rings. The van der Waals surface area contributed by atoms with Crippen LogP contribution < -0.4 is 11.1 Å². The molecule has 0 fully saturated rings. The molecule has 0 saturated heterocycles. The lowest BCUT2D eigenvalue weighted by Crippen LogP contribution is -2.16. The third-order valence-corrected chi connectivity index (χ3v) is 3.23. The molecule has 20 heavy (non-hydrogen) atoms. The number of hydrogen-bond donors (Lipinski definition) is 2. The number of anilines is 2. The van der Waals surface area contributed by atoms with Crippen molar-refractivity contribution in [2.75, 3.05) is 11.1 Å². The number of nitrogens with zero attached hydrogens (tertiary/aromatic N) is 2. The van der Waals surface area contributed by atoms with Crippen LogP contribution in [0.2, 0.25) is 15.1 Å². The van der Waals surface area contributed by atoms with Crippen LogP contribution in [0.3, 0.4) is 0 Å². The van der Waals surface area contributed by atoms with Gasteiger partial charge in [-0.05, 0) is 12.1 Å². The number of hydrogen-bond acceptors (Lipinski definition) is 3. The van der Waals surface area contributed by atoms with E-state index in [1.165, 1.54) is 18.3 Å². The van der Waals surface area contributed by atoms with Crippen molar-refractivity contribution in [2.45, 2.75) is 13.0 Å². The Morgan fingerprint density at radius 1 is 1.30 bits per heavy atom. The zero-order valence-corrected chi connectivity index (χ0v) is 12.5. The van der Waals surface area contributed by atoms with Gasteiger partial charge in [-0.3, -0.25) is 9.48 Å². The summed E-state index contributed by atoms with van der Waals surface area (Å²) in [5.41, 5.74) is 6.44. The van der Waals surface area contributed by atoms with Crippen molar-refractivity contribution in [1.29, 1.82) is 0 Å². The molecule has 3 N–H and O–H groups in total. The van der Waals surface area contributed by atoms with Crippen molar-refractivity contribution in [1.82, 2.24) is 9.78 Å². The van der Waals surface area contributed by atoms with Gasteiger partial charge in [0.05, 0.1) is 27.6 Å². The first-order valence-corrected chi connectivity index (χ1v) is 6.81. The van der Waals surface area contributed by atoms with E-state index in [-0.39, 0.29) is 12.3 Å². The molecule has 0 unspecified atom stereocenters. The molecule has 2 aromatic rings. The first-order chi connectivity index (χ1) is 9.45. The van der Waals surface area contributed by atoms with E-state index in [1.54, 1.807) is 10.9 Å². The summed E-state index contributed by atoms with van der Waals surface area (Å²) in [5, 5.41) is 7.87. The second kappa shape index (κ2) is 6.35. The Morgan fingerprint density at radius 2 is 2.05 bits per heavy atom. The smallest absolute Gasteiger partial charge is 0.226 e. The van der Waals surface area contributed by atoms with Crippen molar-refractivity contribution in [2.24, 2.45) is 0 Å². The number of rotatable bonds is 4. The lowest BCUT2D eigenvalue weighted by molar-refractivity contribution is -0.116. The molecular weight excluding hydrogens is 323 g/mol. The van der Waals surface area contributed by atoms with Crippen LogP contribution in [0.1, 0.15) is 6.42 Å². The Kier molecular flexibility index (Phi) is 4.75. The minimum Gasteiger partial charge on any atom is -0.397 e. The number of aryl methyl sites for hydroxylation is 1. The second-order valence-electron chi connectivity index (χ2n) is 4.07. The molecule has 0 aliphatic heterocycles. The maximum absolute atomic E-state index is 11.8. The minimum atomic E-state index is -0.229. The van der Waals surface area contributed by atoms with Gasteiger partial charge in [0, 0.05) is 24.2 Å². The number of amides is 1. The largest absolute Gasteiger partial charge is 0.397 e. The van der Waals surface area contributed by atoms with Gasteiger partial charge < -0.3 is 11.1 Å². The number of carbonyl (C=O) groups excluding carboxylic acids is 1. The van der Waals surface area contributed by atoms with Crippen molar-refractivity contribution in [3.8, 4) is 0 Å². The summed E-state index contributed by atoms with van der Waals surface area (Å²) in [7, 11) is 0. The Bertz CT molecular complexity index is 618. The highest BCUT2D eigenvalue weighted by Gasteiger charge is 2.11. The quantitative estimate of drug-likeness (QED) is 0.842. The highest BCUT2D eigenvalue weighted by Crippen LogP contribution is 2.32. The lowest BCUT2D eigenvalue weighted by atomic mass is 10.2. The fourth-order valence-corrected chi connectivity index (χ4v) is 2.32. The molecule has 0 saturated carbocycles. The van der Waals surface area contributed by atoms with E-state index in [4.69, 9.17) is 40.5 Å². The molecule has 106 valence electrons. The molecule has 0 spiro atoms. The van der Waals surface area contributed by atoms with Gasteiger partial charge in [-0.25, -0.2) is 0 Å². The van der Waals surface area contributed by atoms with Crippen LogP contribution in [0.15, 0.2) is 24.5 Å². The van der Waals surface area contributed by atoms with Crippen LogP contribution in [-0.4, -0.2) is 15.7 Å². The summed E-state index contributed by atoms with van der Waals surface area (Å²) in [5.74, 6) is -0.229. The number of carbonyl (C=O) groups is 1. The summed E-state index contributed by atoms with van der Waals surface area (Å²) < 4.78 is 1.58. The maximum Gasteiger partial charge on any atom is 0.226 e.